The van der Waals surface area contributed by atoms with Crippen LogP contribution in [0.25, 0.3) is 40.5 Å². The second kappa shape index (κ2) is 16.7. The summed E-state index contributed by atoms with van der Waals surface area (Å²) in [5.74, 6) is 0.162. The maximum absolute atomic E-state index is 4.26. The maximum atomic E-state index is 4.26. The van der Waals surface area contributed by atoms with Crippen LogP contribution in [-0.4, -0.2) is 12.6 Å². The standard InChI is InChI=1S/C67H54N2/c1-45-15-6-7-16-46(2)69(65-25-13-11-18-50(65)31-26-45)55-33-37-59-58-35-30-48(40-62(58)67(63(59)42-55)43-52-21-8-9-22-53(52)44-67)28-27-47-29-34-56-57-36-32-54(68-38-14-23-49-17-10-12-24-64(49)68)41-61(57)66(60(56)39-47)51-19-4-3-5-20-51/h3-13,15-22,24-37,39-42,46,66H,1,14,23,38,43-44H2,2H3/b15-6-,16-7-,28-27+,31-26-. The lowest BCUT2D eigenvalue weighted by molar-refractivity contribution is 0.563. The van der Waals surface area contributed by atoms with Gasteiger partial charge in [-0.05, 0) is 158 Å². The van der Waals surface area contributed by atoms with Crippen molar-refractivity contribution in [2.45, 2.75) is 50.0 Å². The first kappa shape index (κ1) is 41.3. The van der Waals surface area contributed by atoms with E-state index in [1.165, 1.54) is 113 Å². The smallest absolute Gasteiger partial charge is 0.0497 e. The van der Waals surface area contributed by atoms with Crippen molar-refractivity contribution < 1.29 is 0 Å². The van der Waals surface area contributed by atoms with Gasteiger partial charge in [0.2, 0.25) is 0 Å². The predicted molar refractivity (Wildman–Crippen MR) is 291 cm³/mol. The molecule has 0 saturated heterocycles. The fourth-order valence-corrected chi connectivity index (χ4v) is 12.5. The number of allylic oxidation sites excluding steroid dienone is 5. The molecule has 2 heteroatoms. The Labute approximate surface area is 407 Å². The van der Waals surface area contributed by atoms with E-state index in [4.69, 9.17) is 0 Å². The van der Waals surface area contributed by atoms with Crippen molar-refractivity contribution >= 4 is 41.0 Å². The summed E-state index contributed by atoms with van der Waals surface area (Å²) < 4.78 is 0. The SMILES string of the molecule is C=C1/C=C\C=C/C(C)N(c2ccc3c(c2)C2(Cc4ccccc4C2)c2cc(/C=C/c4ccc5c(c4)C(c4ccccc4)c4cc(N6CCCc7ccccc76)ccc4-5)ccc2-3)c2ccccc2/C=C\1. The average Bonchev–Trinajstić information content (AvgIpc) is 4.03. The molecule has 0 bridgehead atoms. The molecule has 2 unspecified atom stereocenters. The highest BCUT2D eigenvalue weighted by molar-refractivity contribution is 5.89. The summed E-state index contributed by atoms with van der Waals surface area (Å²) in [6, 6.07) is 66.9. The van der Waals surface area contributed by atoms with Gasteiger partial charge >= 0.3 is 0 Å². The minimum absolute atomic E-state index is 0.109. The van der Waals surface area contributed by atoms with Gasteiger partial charge in [0.05, 0.1) is 0 Å². The lowest BCUT2D eigenvalue weighted by atomic mass is 9.75. The van der Waals surface area contributed by atoms with Crippen LogP contribution in [0, 0.1) is 0 Å². The lowest BCUT2D eigenvalue weighted by Crippen LogP contribution is -2.29. The molecule has 0 amide bonds. The topological polar surface area (TPSA) is 6.48 Å². The summed E-state index contributed by atoms with van der Waals surface area (Å²) in [6.45, 7) is 7.60. The van der Waals surface area contributed by atoms with Crippen LogP contribution in [-0.2, 0) is 24.7 Å². The van der Waals surface area contributed by atoms with Gasteiger partial charge in [0.1, 0.15) is 0 Å². The van der Waals surface area contributed by atoms with E-state index in [1.807, 2.05) is 0 Å². The van der Waals surface area contributed by atoms with Crippen molar-refractivity contribution in [3.63, 3.8) is 0 Å². The van der Waals surface area contributed by atoms with E-state index >= 15 is 0 Å². The van der Waals surface area contributed by atoms with Gasteiger partial charge in [0.15, 0.2) is 0 Å². The highest BCUT2D eigenvalue weighted by atomic mass is 15.2. The number of fused-ring (bicyclic) bond motifs is 11. The van der Waals surface area contributed by atoms with Crippen LogP contribution in [0.3, 0.4) is 0 Å². The zero-order valence-electron chi connectivity index (χ0n) is 39.2. The maximum Gasteiger partial charge on any atom is 0.0497 e. The zero-order valence-corrected chi connectivity index (χ0v) is 39.2. The number of hydrogen-bond donors (Lipinski definition) is 0. The number of aryl methyl sites for hydroxylation is 1. The van der Waals surface area contributed by atoms with E-state index in [1.54, 1.807) is 0 Å². The van der Waals surface area contributed by atoms with Crippen molar-refractivity contribution in [1.82, 2.24) is 0 Å². The highest BCUT2D eigenvalue weighted by Gasteiger charge is 2.47. The highest BCUT2D eigenvalue weighted by Crippen LogP contribution is 2.57. The molecule has 5 aliphatic rings. The zero-order chi connectivity index (χ0) is 46.1. The third kappa shape index (κ3) is 7.00. The summed E-state index contributed by atoms with van der Waals surface area (Å²) in [5.41, 5.74) is 26.2. The van der Waals surface area contributed by atoms with Crippen molar-refractivity contribution in [2.75, 3.05) is 16.3 Å². The number of benzene rings is 8. The van der Waals surface area contributed by atoms with E-state index in [9.17, 15) is 0 Å². The van der Waals surface area contributed by atoms with Crippen molar-refractivity contribution in [3.05, 3.63) is 280 Å². The number of nitrogens with zero attached hydrogens (tertiary/aromatic N) is 2. The molecule has 2 nitrogen and oxygen atoms in total. The van der Waals surface area contributed by atoms with E-state index in [0.29, 0.717) is 0 Å². The summed E-state index contributed by atoms with van der Waals surface area (Å²) in [7, 11) is 0. The van der Waals surface area contributed by atoms with E-state index in [2.05, 4.69) is 248 Å². The quantitative estimate of drug-likeness (QED) is 0.159. The molecular weight excluding hydrogens is 833 g/mol. The Kier molecular flexibility index (Phi) is 9.98. The minimum Gasteiger partial charge on any atom is -0.341 e. The van der Waals surface area contributed by atoms with Gasteiger partial charge < -0.3 is 9.80 Å². The van der Waals surface area contributed by atoms with Crippen LogP contribution in [0.5, 0.6) is 0 Å². The van der Waals surface area contributed by atoms with Crippen molar-refractivity contribution in [3.8, 4) is 22.3 Å². The summed E-state index contributed by atoms with van der Waals surface area (Å²) >= 11 is 0. The van der Waals surface area contributed by atoms with Gasteiger partial charge in [-0.25, -0.2) is 0 Å². The third-order valence-electron chi connectivity index (χ3n) is 15.7. The Bertz CT molecular complexity index is 3460. The second-order valence-electron chi connectivity index (χ2n) is 19.7. The van der Waals surface area contributed by atoms with Gasteiger partial charge in [-0.2, -0.15) is 0 Å². The molecule has 0 fully saturated rings. The Morgan fingerprint density at radius 1 is 0.536 bits per heavy atom. The molecule has 13 rings (SSSR count). The Balaban J connectivity index is 0.867. The molecule has 2 heterocycles. The molecule has 69 heavy (non-hydrogen) atoms. The number of para-hydroxylation sites is 2. The van der Waals surface area contributed by atoms with Crippen LogP contribution >= 0.6 is 0 Å². The first-order chi connectivity index (χ1) is 34.0. The molecule has 2 aliphatic heterocycles. The largest absolute Gasteiger partial charge is 0.341 e. The molecule has 1 spiro atoms. The fourth-order valence-electron chi connectivity index (χ4n) is 12.5. The minimum atomic E-state index is -0.168. The molecule has 8 aromatic carbocycles. The fraction of sp³-hybridized carbons (Fsp3) is 0.134. The summed E-state index contributed by atoms with van der Waals surface area (Å²) in [5, 5.41) is 0. The van der Waals surface area contributed by atoms with E-state index in [-0.39, 0.29) is 17.4 Å². The second-order valence-corrected chi connectivity index (χ2v) is 19.7. The van der Waals surface area contributed by atoms with Gasteiger partial charge in [-0.1, -0.05) is 195 Å². The number of anilines is 4. The molecule has 0 radical (unpaired) electrons. The van der Waals surface area contributed by atoms with Gasteiger partial charge in [0, 0.05) is 46.7 Å². The first-order valence-corrected chi connectivity index (χ1v) is 24.8. The third-order valence-corrected chi connectivity index (χ3v) is 15.7. The summed E-state index contributed by atoms with van der Waals surface area (Å²) in [6.07, 6.45) is 21.9. The molecule has 3 aliphatic carbocycles. The van der Waals surface area contributed by atoms with Gasteiger partial charge in [0.25, 0.3) is 0 Å². The number of hydrogen-bond acceptors (Lipinski definition) is 2. The molecule has 0 saturated carbocycles. The van der Waals surface area contributed by atoms with E-state index < -0.39 is 0 Å². The normalized spacial score (nSPS) is 19.5. The predicted octanol–water partition coefficient (Wildman–Crippen LogP) is 16.4. The molecule has 0 aromatic heterocycles. The Morgan fingerprint density at radius 3 is 1.96 bits per heavy atom. The van der Waals surface area contributed by atoms with Crippen LogP contribution in [0.4, 0.5) is 22.7 Å². The lowest BCUT2D eigenvalue weighted by Gasteiger charge is -2.33. The first-order valence-electron chi connectivity index (χ1n) is 24.8. The molecular formula is C67H54N2. The Hall–Kier alpha value is -7.94. The number of rotatable bonds is 5. The average molecular weight is 887 g/mol. The van der Waals surface area contributed by atoms with E-state index in [0.717, 1.165) is 31.4 Å². The Morgan fingerprint density at radius 2 is 1.16 bits per heavy atom. The summed E-state index contributed by atoms with van der Waals surface area (Å²) in [4.78, 5) is 5.04. The van der Waals surface area contributed by atoms with Crippen LogP contribution in [0.1, 0.15) is 80.5 Å². The molecule has 8 aromatic rings. The molecule has 0 N–H and O–H groups in total. The van der Waals surface area contributed by atoms with Gasteiger partial charge in [-0.3, -0.25) is 0 Å². The van der Waals surface area contributed by atoms with Crippen LogP contribution in [0.2, 0.25) is 0 Å². The molecule has 2 atom stereocenters. The van der Waals surface area contributed by atoms with Crippen molar-refractivity contribution in [2.24, 2.45) is 0 Å². The van der Waals surface area contributed by atoms with Crippen molar-refractivity contribution in [1.29, 1.82) is 0 Å². The van der Waals surface area contributed by atoms with Gasteiger partial charge in [-0.15, -0.1) is 0 Å². The van der Waals surface area contributed by atoms with Crippen LogP contribution in [0.15, 0.2) is 218 Å². The molecule has 332 valence electrons. The monoisotopic (exact) mass is 886 g/mol. The van der Waals surface area contributed by atoms with Crippen LogP contribution < -0.4 is 9.80 Å².